The molecular formula is C20H23ClN4O3. The first kappa shape index (κ1) is 20.2. The number of carbonyl (C=O) groups is 2. The van der Waals surface area contributed by atoms with Gasteiger partial charge in [-0.05, 0) is 43.9 Å². The molecule has 1 aliphatic carbocycles. The van der Waals surface area contributed by atoms with Gasteiger partial charge in [0.1, 0.15) is 0 Å². The number of carboxylic acids is 1. The molecule has 8 heteroatoms. The maximum absolute atomic E-state index is 12.9. The Morgan fingerprint density at radius 3 is 2.86 bits per heavy atom. The summed E-state index contributed by atoms with van der Waals surface area (Å²) in [6.07, 6.45) is 4.99. The number of carbonyl (C=O) groups excluding carboxylic acids is 1. The lowest BCUT2D eigenvalue weighted by Gasteiger charge is -2.28. The van der Waals surface area contributed by atoms with Gasteiger partial charge in [0.2, 0.25) is 0 Å². The maximum Gasteiger partial charge on any atom is 0.308 e. The van der Waals surface area contributed by atoms with E-state index in [2.05, 4.69) is 16.5 Å². The molecule has 0 aliphatic heterocycles. The van der Waals surface area contributed by atoms with Crippen molar-refractivity contribution < 1.29 is 14.7 Å². The number of nitrogens with zero attached hydrogens (tertiary/aromatic N) is 3. The van der Waals surface area contributed by atoms with Crippen molar-refractivity contribution in [3.8, 4) is 6.07 Å². The second kappa shape index (κ2) is 9.07. The number of nitriles is 1. The van der Waals surface area contributed by atoms with E-state index in [1.807, 2.05) is 6.07 Å². The highest BCUT2D eigenvalue weighted by molar-refractivity contribution is 6.31. The van der Waals surface area contributed by atoms with Gasteiger partial charge in [0.05, 0.1) is 17.5 Å². The van der Waals surface area contributed by atoms with Crippen molar-refractivity contribution in [3.63, 3.8) is 0 Å². The largest absolute Gasteiger partial charge is 0.481 e. The minimum absolute atomic E-state index is 0.257. The number of unbranched alkanes of at least 4 members (excludes halogenated alkanes) is 2. The number of hydrogen-bond donors (Lipinski definition) is 2. The Morgan fingerprint density at radius 2 is 2.11 bits per heavy atom. The van der Waals surface area contributed by atoms with Crippen LogP contribution < -0.4 is 5.32 Å². The molecule has 3 rings (SSSR count). The Morgan fingerprint density at radius 1 is 1.32 bits per heavy atom. The Labute approximate surface area is 168 Å². The van der Waals surface area contributed by atoms with E-state index in [9.17, 15) is 14.7 Å². The Balaban J connectivity index is 1.84. The maximum atomic E-state index is 12.9. The van der Waals surface area contributed by atoms with Crippen molar-refractivity contribution in [2.75, 3.05) is 0 Å². The van der Waals surface area contributed by atoms with Crippen LogP contribution in [0.5, 0.6) is 0 Å². The molecule has 0 saturated heterocycles. The summed E-state index contributed by atoms with van der Waals surface area (Å²) in [6.45, 7) is 0.592. The first-order valence-electron chi connectivity index (χ1n) is 9.58. The third-order valence-electron chi connectivity index (χ3n) is 5.24. The summed E-state index contributed by atoms with van der Waals surface area (Å²) in [5, 5.41) is 26.6. The van der Waals surface area contributed by atoms with Gasteiger partial charge in [-0.25, -0.2) is 0 Å². The van der Waals surface area contributed by atoms with E-state index in [0.717, 1.165) is 31.2 Å². The van der Waals surface area contributed by atoms with Crippen LogP contribution >= 0.6 is 11.6 Å². The highest BCUT2D eigenvalue weighted by Gasteiger charge is 2.32. The van der Waals surface area contributed by atoms with Crippen LogP contribution in [-0.4, -0.2) is 32.8 Å². The van der Waals surface area contributed by atoms with E-state index in [4.69, 9.17) is 16.9 Å². The van der Waals surface area contributed by atoms with Gasteiger partial charge >= 0.3 is 5.97 Å². The average Bonchev–Trinajstić information content (AvgIpc) is 3.03. The normalized spacial score (nSPS) is 19.3. The standard InChI is InChI=1S/C20H23ClN4O3/c21-13-8-9-17-15(12-13)18(24-25(17)11-5-1-4-10-22)19(26)23-16-7-3-2-6-14(16)20(27)28/h8-9,12,14,16H,1-7,11H2,(H,23,26)(H,27,28)/t14-,16+/m1/s1. The predicted molar refractivity (Wildman–Crippen MR) is 105 cm³/mol. The van der Waals surface area contributed by atoms with Crippen molar-refractivity contribution in [1.82, 2.24) is 15.1 Å². The van der Waals surface area contributed by atoms with Crippen molar-refractivity contribution in [2.45, 2.75) is 57.5 Å². The molecule has 2 N–H and O–H groups in total. The third kappa shape index (κ3) is 4.45. The van der Waals surface area contributed by atoms with E-state index in [-0.39, 0.29) is 11.6 Å². The van der Waals surface area contributed by atoms with Gasteiger partial charge in [-0.3, -0.25) is 14.3 Å². The zero-order valence-electron chi connectivity index (χ0n) is 15.5. The Kier molecular flexibility index (Phi) is 6.53. The molecule has 1 heterocycles. The summed E-state index contributed by atoms with van der Waals surface area (Å²) in [5.41, 5.74) is 1.05. The molecule has 28 heavy (non-hydrogen) atoms. The van der Waals surface area contributed by atoms with Crippen molar-refractivity contribution in [3.05, 3.63) is 28.9 Å². The molecule has 1 amide bonds. The van der Waals surface area contributed by atoms with E-state index < -0.39 is 17.9 Å². The highest BCUT2D eigenvalue weighted by atomic mass is 35.5. The van der Waals surface area contributed by atoms with E-state index >= 15 is 0 Å². The van der Waals surface area contributed by atoms with Crippen LogP contribution in [0.25, 0.3) is 10.9 Å². The SMILES string of the molecule is N#CCCCCn1nc(C(=O)N[C@H]2CCCC[C@H]2C(=O)O)c2cc(Cl)ccc21. The first-order valence-corrected chi connectivity index (χ1v) is 9.95. The quantitative estimate of drug-likeness (QED) is 0.685. The van der Waals surface area contributed by atoms with E-state index in [1.165, 1.54) is 0 Å². The topological polar surface area (TPSA) is 108 Å². The van der Waals surface area contributed by atoms with Crippen LogP contribution in [0.3, 0.4) is 0 Å². The summed E-state index contributed by atoms with van der Waals surface area (Å²) < 4.78 is 1.76. The second-order valence-electron chi connectivity index (χ2n) is 7.16. The fourth-order valence-electron chi connectivity index (χ4n) is 3.79. The number of benzene rings is 1. The average molecular weight is 403 g/mol. The number of fused-ring (bicyclic) bond motifs is 1. The summed E-state index contributed by atoms with van der Waals surface area (Å²) >= 11 is 6.12. The summed E-state index contributed by atoms with van der Waals surface area (Å²) in [6, 6.07) is 7.01. The Bertz CT molecular complexity index is 918. The fourth-order valence-corrected chi connectivity index (χ4v) is 3.96. The molecule has 0 unspecified atom stereocenters. The zero-order valence-corrected chi connectivity index (χ0v) is 16.3. The zero-order chi connectivity index (χ0) is 20.1. The number of nitrogens with one attached hydrogen (secondary N) is 1. The fraction of sp³-hybridized carbons (Fsp3) is 0.500. The summed E-state index contributed by atoms with van der Waals surface area (Å²) in [5.74, 6) is -1.82. The highest BCUT2D eigenvalue weighted by Crippen LogP contribution is 2.27. The first-order chi connectivity index (χ1) is 13.5. The number of rotatable bonds is 7. The third-order valence-corrected chi connectivity index (χ3v) is 5.47. The lowest BCUT2D eigenvalue weighted by molar-refractivity contribution is -0.143. The monoisotopic (exact) mass is 402 g/mol. The van der Waals surface area contributed by atoms with E-state index in [0.29, 0.717) is 36.2 Å². The van der Waals surface area contributed by atoms with Crippen molar-refractivity contribution >= 4 is 34.4 Å². The second-order valence-corrected chi connectivity index (χ2v) is 7.59. The molecule has 1 saturated carbocycles. The number of aryl methyl sites for hydroxylation is 1. The van der Waals surface area contributed by atoms with E-state index in [1.54, 1.807) is 16.8 Å². The smallest absolute Gasteiger partial charge is 0.308 e. The number of hydrogen-bond acceptors (Lipinski definition) is 4. The van der Waals surface area contributed by atoms with Gasteiger partial charge in [-0.15, -0.1) is 0 Å². The molecule has 0 spiro atoms. The molecule has 0 radical (unpaired) electrons. The molecule has 1 aromatic carbocycles. The van der Waals surface area contributed by atoms with Gasteiger partial charge in [0.15, 0.2) is 5.69 Å². The van der Waals surface area contributed by atoms with Crippen LogP contribution in [0.4, 0.5) is 0 Å². The molecular weight excluding hydrogens is 380 g/mol. The summed E-state index contributed by atoms with van der Waals surface area (Å²) in [7, 11) is 0. The number of aliphatic carboxylic acids is 1. The minimum Gasteiger partial charge on any atom is -0.481 e. The molecule has 1 aromatic heterocycles. The van der Waals surface area contributed by atoms with Crippen LogP contribution in [0.1, 0.15) is 55.4 Å². The van der Waals surface area contributed by atoms with Gasteiger partial charge in [-0.1, -0.05) is 24.4 Å². The predicted octanol–water partition coefficient (Wildman–Crippen LogP) is 3.76. The lowest BCUT2D eigenvalue weighted by atomic mass is 9.84. The van der Waals surface area contributed by atoms with Crippen LogP contribution in [-0.2, 0) is 11.3 Å². The number of halogens is 1. The van der Waals surface area contributed by atoms with Crippen LogP contribution in [0.2, 0.25) is 5.02 Å². The van der Waals surface area contributed by atoms with Crippen molar-refractivity contribution in [1.29, 1.82) is 5.26 Å². The van der Waals surface area contributed by atoms with Crippen molar-refractivity contribution in [2.24, 2.45) is 5.92 Å². The molecule has 0 bridgehead atoms. The van der Waals surface area contributed by atoms with Crippen LogP contribution in [0, 0.1) is 17.2 Å². The number of aromatic nitrogens is 2. The molecule has 2 aromatic rings. The summed E-state index contributed by atoms with van der Waals surface area (Å²) in [4.78, 5) is 24.4. The molecule has 2 atom stereocenters. The van der Waals surface area contributed by atoms with Gasteiger partial charge in [-0.2, -0.15) is 10.4 Å². The van der Waals surface area contributed by atoms with Gasteiger partial charge in [0, 0.05) is 29.4 Å². The minimum atomic E-state index is -0.874. The number of amides is 1. The molecule has 1 fully saturated rings. The molecule has 7 nitrogen and oxygen atoms in total. The number of carboxylic acid groups (broad SMARTS) is 1. The molecule has 148 valence electrons. The lowest BCUT2D eigenvalue weighted by Crippen LogP contribution is -2.45. The van der Waals surface area contributed by atoms with Gasteiger partial charge in [0.25, 0.3) is 5.91 Å². The molecule has 1 aliphatic rings. The Hall–Kier alpha value is -2.59. The van der Waals surface area contributed by atoms with Crippen LogP contribution in [0.15, 0.2) is 18.2 Å². The van der Waals surface area contributed by atoms with Gasteiger partial charge < -0.3 is 10.4 Å².